The summed E-state index contributed by atoms with van der Waals surface area (Å²) in [6.07, 6.45) is 23.9. The lowest BCUT2D eigenvalue weighted by Gasteiger charge is -2.71. The molecule has 5 aliphatic carbocycles. The van der Waals surface area contributed by atoms with E-state index in [1.807, 2.05) is 0 Å². The quantitative estimate of drug-likeness (QED) is 0.100. The van der Waals surface area contributed by atoms with E-state index in [2.05, 4.69) is 66.8 Å². The zero-order chi connectivity index (χ0) is 37.3. The molecular formula is C45H75NO5. The van der Waals surface area contributed by atoms with Crippen LogP contribution in [0.15, 0.2) is 11.6 Å². The second-order valence-electron chi connectivity index (χ2n) is 20.2. The minimum atomic E-state index is -0.691. The van der Waals surface area contributed by atoms with E-state index in [0.29, 0.717) is 30.1 Å². The molecule has 0 bridgehead atoms. The van der Waals surface area contributed by atoms with Crippen molar-refractivity contribution in [2.75, 3.05) is 6.54 Å². The highest BCUT2D eigenvalue weighted by molar-refractivity contribution is 5.84. The zero-order valence-electron chi connectivity index (χ0n) is 34.0. The molecule has 1 amide bonds. The number of carbonyl (C=O) groups excluding carboxylic acids is 2. The largest absolute Gasteiger partial charge is 0.481 e. The number of fused-ring (bicyclic) bond motifs is 7. The van der Waals surface area contributed by atoms with Crippen molar-refractivity contribution >= 4 is 17.8 Å². The van der Waals surface area contributed by atoms with Gasteiger partial charge < -0.3 is 15.2 Å². The molecule has 0 spiro atoms. The van der Waals surface area contributed by atoms with Gasteiger partial charge in [0, 0.05) is 24.8 Å². The Kier molecular flexibility index (Phi) is 12.2. The molecule has 51 heavy (non-hydrogen) atoms. The minimum absolute atomic E-state index is 0.00407. The summed E-state index contributed by atoms with van der Waals surface area (Å²) in [5.74, 6) is 1.04. The number of rotatable bonds is 15. The molecule has 5 aliphatic rings. The first-order chi connectivity index (χ1) is 24.0. The summed E-state index contributed by atoms with van der Waals surface area (Å²) < 4.78 is 6.19. The van der Waals surface area contributed by atoms with Crippen molar-refractivity contribution < 1.29 is 24.2 Å². The number of unbranched alkanes of at least 4 members (excludes halogenated alkanes) is 7. The molecule has 6 nitrogen and oxygen atoms in total. The van der Waals surface area contributed by atoms with Crippen LogP contribution in [0.1, 0.15) is 190 Å². The van der Waals surface area contributed by atoms with Crippen molar-refractivity contribution in [2.45, 2.75) is 196 Å². The predicted molar refractivity (Wildman–Crippen MR) is 206 cm³/mol. The van der Waals surface area contributed by atoms with Crippen molar-refractivity contribution in [3.05, 3.63) is 11.6 Å². The van der Waals surface area contributed by atoms with Gasteiger partial charge in [-0.2, -0.15) is 0 Å². The number of hydrogen-bond donors (Lipinski definition) is 2. The van der Waals surface area contributed by atoms with E-state index in [4.69, 9.17) is 9.84 Å². The van der Waals surface area contributed by atoms with Gasteiger partial charge in [-0.3, -0.25) is 14.4 Å². The first-order valence-electron chi connectivity index (χ1n) is 21.4. The number of ether oxygens (including phenoxy) is 1. The Morgan fingerprint density at radius 2 is 1.43 bits per heavy atom. The Labute approximate surface area is 311 Å². The van der Waals surface area contributed by atoms with E-state index in [0.717, 1.165) is 96.4 Å². The highest BCUT2D eigenvalue weighted by atomic mass is 16.5. The second kappa shape index (κ2) is 15.5. The summed E-state index contributed by atoms with van der Waals surface area (Å²) in [5.41, 5.74) is 2.01. The van der Waals surface area contributed by atoms with Crippen molar-refractivity contribution in [3.63, 3.8) is 0 Å². The van der Waals surface area contributed by atoms with Crippen LogP contribution in [0.2, 0.25) is 0 Å². The van der Waals surface area contributed by atoms with Crippen molar-refractivity contribution in [2.24, 2.45) is 50.2 Å². The van der Waals surface area contributed by atoms with E-state index in [9.17, 15) is 14.4 Å². The zero-order valence-corrected chi connectivity index (χ0v) is 34.0. The van der Waals surface area contributed by atoms with E-state index in [1.54, 1.807) is 5.57 Å². The highest BCUT2D eigenvalue weighted by Gasteiger charge is 2.69. The topological polar surface area (TPSA) is 92.7 Å². The van der Waals surface area contributed by atoms with Crippen LogP contribution >= 0.6 is 0 Å². The second-order valence-corrected chi connectivity index (χ2v) is 20.2. The van der Waals surface area contributed by atoms with Crippen molar-refractivity contribution in [1.29, 1.82) is 0 Å². The van der Waals surface area contributed by atoms with Gasteiger partial charge in [0.05, 0.1) is 5.41 Å². The Hall–Kier alpha value is -1.85. The normalized spacial score (nSPS) is 37.8. The minimum Gasteiger partial charge on any atom is -0.481 e. The number of amides is 1. The molecule has 0 aliphatic heterocycles. The third-order valence-corrected chi connectivity index (χ3v) is 16.4. The molecule has 290 valence electrons. The predicted octanol–water partition coefficient (Wildman–Crippen LogP) is 11.2. The maximum absolute atomic E-state index is 14.4. The van der Waals surface area contributed by atoms with Crippen LogP contribution in [-0.2, 0) is 19.1 Å². The van der Waals surface area contributed by atoms with Gasteiger partial charge in [-0.15, -0.1) is 0 Å². The molecule has 4 fully saturated rings. The lowest BCUT2D eigenvalue weighted by molar-refractivity contribution is -0.213. The monoisotopic (exact) mass is 710 g/mol. The number of nitrogens with one attached hydrogen (secondary N) is 1. The van der Waals surface area contributed by atoms with Crippen LogP contribution in [-0.4, -0.2) is 35.6 Å². The summed E-state index contributed by atoms with van der Waals surface area (Å²) >= 11 is 0. The Bertz CT molecular complexity index is 1300. The number of aliphatic carboxylic acids is 1. The average molecular weight is 710 g/mol. The maximum atomic E-state index is 14.4. The number of hydrogen-bond acceptors (Lipinski definition) is 4. The molecule has 0 aromatic rings. The van der Waals surface area contributed by atoms with Crippen LogP contribution in [0, 0.1) is 50.2 Å². The molecule has 2 N–H and O–H groups in total. The smallest absolute Gasteiger partial charge is 0.306 e. The molecule has 8 atom stereocenters. The van der Waals surface area contributed by atoms with Gasteiger partial charge in [-0.1, -0.05) is 106 Å². The standard InChI is InChI=1S/C45H75NO5/c1-9-18-38(49)51-36-23-24-42(6)34(41(36,4)5)22-25-44(8)35(42)21-20-32-33-31-40(2,3)26-28-45(33,29-27-43(32,44)7)39(50)46-30-17-15-13-11-10-12-14-16-19-37(47)48/h20,33-36H,9-19,21-31H2,1-8H3,(H,46,50)(H,47,48)/t33?,34?,35?,36-,42-,43+,44+,45-/m0/s1. The SMILES string of the molecule is CCCC(=O)O[C@H]1CC[C@@]2(C)C(CC[C@]3(C)C2CC=C2C4CC(C)(C)CC[C@]4(C(=O)NCCCCCCCCCCC(=O)O)CC[C@]23C)C1(C)C. The molecule has 0 heterocycles. The molecule has 3 unspecified atom stereocenters. The molecule has 0 aromatic carbocycles. The Balaban J connectivity index is 1.27. The van der Waals surface area contributed by atoms with Crippen LogP contribution in [0.25, 0.3) is 0 Å². The van der Waals surface area contributed by atoms with Crippen molar-refractivity contribution in [1.82, 2.24) is 5.32 Å². The first kappa shape index (κ1) is 40.3. The molecular weight excluding hydrogens is 634 g/mol. The fourth-order valence-corrected chi connectivity index (χ4v) is 13.1. The van der Waals surface area contributed by atoms with Gasteiger partial charge >= 0.3 is 11.9 Å². The fraction of sp³-hybridized carbons (Fsp3) is 0.889. The van der Waals surface area contributed by atoms with Gasteiger partial charge in [0.15, 0.2) is 0 Å². The number of allylic oxidation sites excluding steroid dienone is 2. The third kappa shape index (κ3) is 7.60. The maximum Gasteiger partial charge on any atom is 0.306 e. The van der Waals surface area contributed by atoms with Crippen LogP contribution in [0.3, 0.4) is 0 Å². The van der Waals surface area contributed by atoms with E-state index in [-0.39, 0.29) is 51.0 Å². The third-order valence-electron chi connectivity index (χ3n) is 16.4. The van der Waals surface area contributed by atoms with Crippen molar-refractivity contribution in [3.8, 4) is 0 Å². The average Bonchev–Trinajstić information content (AvgIpc) is 3.05. The fourth-order valence-electron chi connectivity index (χ4n) is 13.1. The lowest BCUT2D eigenvalue weighted by atomic mass is 9.33. The Morgan fingerprint density at radius 3 is 2.10 bits per heavy atom. The van der Waals surface area contributed by atoms with E-state index in [1.165, 1.54) is 32.1 Å². The highest BCUT2D eigenvalue weighted by Crippen LogP contribution is 2.75. The number of carbonyl (C=O) groups is 3. The lowest BCUT2D eigenvalue weighted by Crippen LogP contribution is -2.65. The van der Waals surface area contributed by atoms with Crippen LogP contribution in [0.5, 0.6) is 0 Å². The van der Waals surface area contributed by atoms with Crippen LogP contribution in [0.4, 0.5) is 0 Å². The van der Waals surface area contributed by atoms with E-state index < -0.39 is 5.97 Å². The summed E-state index contributed by atoms with van der Waals surface area (Å²) in [5, 5.41) is 12.3. The van der Waals surface area contributed by atoms with Gasteiger partial charge in [-0.25, -0.2) is 0 Å². The molecule has 4 saturated carbocycles. The first-order valence-corrected chi connectivity index (χ1v) is 21.4. The summed E-state index contributed by atoms with van der Waals surface area (Å²) in [4.78, 5) is 37.8. The molecule has 0 radical (unpaired) electrons. The van der Waals surface area contributed by atoms with Gasteiger partial charge in [-0.05, 0) is 123 Å². The number of esters is 1. The molecule has 5 rings (SSSR count). The molecule has 0 saturated heterocycles. The van der Waals surface area contributed by atoms with Gasteiger partial charge in [0.25, 0.3) is 0 Å². The van der Waals surface area contributed by atoms with Crippen LogP contribution < -0.4 is 5.32 Å². The number of carboxylic acid groups (broad SMARTS) is 1. The number of carboxylic acids is 1. The Morgan fingerprint density at radius 1 is 0.784 bits per heavy atom. The summed E-state index contributed by atoms with van der Waals surface area (Å²) in [7, 11) is 0. The van der Waals surface area contributed by atoms with E-state index >= 15 is 0 Å². The summed E-state index contributed by atoms with van der Waals surface area (Å²) in [6, 6.07) is 0. The summed E-state index contributed by atoms with van der Waals surface area (Å²) in [6.45, 7) is 20.3. The molecule has 6 heteroatoms. The van der Waals surface area contributed by atoms with Gasteiger partial charge in [0.1, 0.15) is 6.10 Å². The van der Waals surface area contributed by atoms with Gasteiger partial charge in [0.2, 0.25) is 5.91 Å². The molecule has 0 aromatic heterocycles.